The van der Waals surface area contributed by atoms with E-state index < -0.39 is 0 Å². The van der Waals surface area contributed by atoms with E-state index in [0.29, 0.717) is 18.3 Å². The first-order valence-electron chi connectivity index (χ1n) is 7.56. The quantitative estimate of drug-likeness (QED) is 0.920. The van der Waals surface area contributed by atoms with Crippen molar-refractivity contribution in [3.05, 3.63) is 53.3 Å². The summed E-state index contributed by atoms with van der Waals surface area (Å²) >= 11 is 0. The maximum absolute atomic E-state index is 12.8. The number of nitrogens with two attached hydrogens (primary N) is 1. The number of benzene rings is 1. The third-order valence-corrected chi connectivity index (χ3v) is 4.45. The molecule has 0 bridgehead atoms. The number of rotatable bonds is 2. The molecular formula is C17H19N3O. The molecular weight excluding hydrogens is 262 g/mol. The van der Waals surface area contributed by atoms with Gasteiger partial charge in [0.25, 0.3) is 5.91 Å². The predicted octanol–water partition coefficient (Wildman–Crippen LogP) is 2.60. The zero-order valence-electron chi connectivity index (χ0n) is 12.0. The Morgan fingerprint density at radius 2 is 1.95 bits per heavy atom. The molecule has 1 aliphatic carbocycles. The van der Waals surface area contributed by atoms with E-state index in [1.807, 2.05) is 23.2 Å². The van der Waals surface area contributed by atoms with Gasteiger partial charge in [-0.2, -0.15) is 0 Å². The van der Waals surface area contributed by atoms with Crippen LogP contribution in [0.1, 0.15) is 40.5 Å². The molecule has 0 atom stereocenters. The van der Waals surface area contributed by atoms with Gasteiger partial charge >= 0.3 is 0 Å². The Kier molecular flexibility index (Phi) is 2.77. The number of nitrogen functional groups attached to an aromatic ring is 1. The van der Waals surface area contributed by atoms with Gasteiger partial charge in [0.05, 0.1) is 5.69 Å². The Hall–Kier alpha value is -2.23. The van der Waals surface area contributed by atoms with Crippen molar-refractivity contribution in [1.82, 2.24) is 9.47 Å². The molecule has 1 amide bonds. The van der Waals surface area contributed by atoms with Crippen molar-refractivity contribution in [3.8, 4) is 0 Å². The zero-order chi connectivity index (χ0) is 14.4. The van der Waals surface area contributed by atoms with E-state index in [0.717, 1.165) is 31.5 Å². The second kappa shape index (κ2) is 4.65. The van der Waals surface area contributed by atoms with Gasteiger partial charge in [0.2, 0.25) is 0 Å². The zero-order valence-corrected chi connectivity index (χ0v) is 12.0. The number of fused-ring (bicyclic) bond motifs is 1. The van der Waals surface area contributed by atoms with Gasteiger partial charge in [0.1, 0.15) is 5.69 Å². The fraction of sp³-hybridized carbons (Fsp3) is 0.353. The second-order valence-corrected chi connectivity index (χ2v) is 6.04. The molecule has 1 saturated carbocycles. The van der Waals surface area contributed by atoms with Crippen LogP contribution in [0.4, 0.5) is 5.69 Å². The van der Waals surface area contributed by atoms with Crippen LogP contribution in [0, 0.1) is 0 Å². The number of carbonyl (C=O) groups is 1. The number of amides is 1. The number of aromatic nitrogens is 1. The van der Waals surface area contributed by atoms with Crippen molar-refractivity contribution in [2.24, 2.45) is 0 Å². The third-order valence-electron chi connectivity index (χ3n) is 4.45. The average Bonchev–Trinajstić information content (AvgIpc) is 3.28. The standard InChI is InChI=1S/C17H19N3O/c18-14-9-16(20(11-14)15-5-6-15)17(21)19-8-7-12-3-1-2-4-13(12)10-19/h1-4,9,11,15H,5-8,10,18H2. The molecule has 0 saturated heterocycles. The molecule has 2 aromatic rings. The maximum atomic E-state index is 12.8. The van der Waals surface area contributed by atoms with E-state index in [2.05, 4.69) is 22.8 Å². The van der Waals surface area contributed by atoms with Gasteiger partial charge in [0.15, 0.2) is 0 Å². The maximum Gasteiger partial charge on any atom is 0.270 e. The molecule has 4 heteroatoms. The van der Waals surface area contributed by atoms with Gasteiger partial charge in [-0.3, -0.25) is 4.79 Å². The molecule has 0 unspecified atom stereocenters. The van der Waals surface area contributed by atoms with E-state index in [1.165, 1.54) is 11.1 Å². The summed E-state index contributed by atoms with van der Waals surface area (Å²) in [5.41, 5.74) is 9.94. The molecule has 4 nitrogen and oxygen atoms in total. The summed E-state index contributed by atoms with van der Waals surface area (Å²) in [4.78, 5) is 14.8. The Bertz CT molecular complexity index is 700. The first-order valence-corrected chi connectivity index (χ1v) is 7.56. The van der Waals surface area contributed by atoms with E-state index in [4.69, 9.17) is 5.73 Å². The monoisotopic (exact) mass is 281 g/mol. The van der Waals surface area contributed by atoms with Gasteiger partial charge < -0.3 is 15.2 Å². The number of hydrogen-bond donors (Lipinski definition) is 1. The summed E-state index contributed by atoms with van der Waals surface area (Å²) in [5.74, 6) is 0.105. The van der Waals surface area contributed by atoms with Crippen molar-refractivity contribution in [2.75, 3.05) is 12.3 Å². The first-order chi connectivity index (χ1) is 10.2. The minimum absolute atomic E-state index is 0.105. The Labute approximate surface area is 124 Å². The van der Waals surface area contributed by atoms with Crippen LogP contribution in [0.25, 0.3) is 0 Å². The predicted molar refractivity (Wildman–Crippen MR) is 82.0 cm³/mol. The highest BCUT2D eigenvalue weighted by molar-refractivity contribution is 5.94. The Balaban J connectivity index is 1.61. The van der Waals surface area contributed by atoms with Gasteiger partial charge in [-0.05, 0) is 36.5 Å². The number of hydrogen-bond acceptors (Lipinski definition) is 2. The van der Waals surface area contributed by atoms with Gasteiger partial charge in [-0.25, -0.2) is 0 Å². The molecule has 2 aliphatic rings. The average molecular weight is 281 g/mol. The first kappa shape index (κ1) is 12.5. The van der Waals surface area contributed by atoms with Crippen LogP contribution in [0.5, 0.6) is 0 Å². The lowest BCUT2D eigenvalue weighted by Gasteiger charge is -2.29. The van der Waals surface area contributed by atoms with E-state index in [1.54, 1.807) is 0 Å². The van der Waals surface area contributed by atoms with Crippen LogP contribution in [0.2, 0.25) is 0 Å². The summed E-state index contributed by atoms with van der Waals surface area (Å²) in [6.07, 6.45) is 5.14. The molecule has 1 aromatic carbocycles. The highest BCUT2D eigenvalue weighted by atomic mass is 16.2. The second-order valence-electron chi connectivity index (χ2n) is 6.04. The normalized spacial score (nSPS) is 17.6. The number of carbonyl (C=O) groups excluding carboxylic acids is 1. The molecule has 4 rings (SSSR count). The van der Waals surface area contributed by atoms with Crippen LogP contribution in [0.3, 0.4) is 0 Å². The summed E-state index contributed by atoms with van der Waals surface area (Å²) in [6, 6.07) is 10.7. The molecule has 1 aromatic heterocycles. The number of nitrogens with zero attached hydrogens (tertiary/aromatic N) is 2. The summed E-state index contributed by atoms with van der Waals surface area (Å²) < 4.78 is 2.07. The van der Waals surface area contributed by atoms with Crippen LogP contribution >= 0.6 is 0 Å². The molecule has 0 spiro atoms. The van der Waals surface area contributed by atoms with Crippen LogP contribution in [-0.4, -0.2) is 21.9 Å². The summed E-state index contributed by atoms with van der Waals surface area (Å²) in [7, 11) is 0. The largest absolute Gasteiger partial charge is 0.397 e. The molecule has 0 radical (unpaired) electrons. The summed E-state index contributed by atoms with van der Waals surface area (Å²) in [5, 5.41) is 0. The van der Waals surface area contributed by atoms with Crippen LogP contribution in [-0.2, 0) is 13.0 Å². The van der Waals surface area contributed by atoms with Crippen molar-refractivity contribution in [2.45, 2.75) is 31.8 Å². The molecule has 1 aliphatic heterocycles. The summed E-state index contributed by atoms with van der Waals surface area (Å²) in [6.45, 7) is 1.48. The highest BCUT2D eigenvalue weighted by Gasteiger charge is 2.30. The number of anilines is 1. The lowest BCUT2D eigenvalue weighted by molar-refractivity contribution is 0.0723. The van der Waals surface area contributed by atoms with Gasteiger partial charge in [-0.15, -0.1) is 0 Å². The van der Waals surface area contributed by atoms with Crippen molar-refractivity contribution >= 4 is 11.6 Å². The topological polar surface area (TPSA) is 51.3 Å². The van der Waals surface area contributed by atoms with E-state index >= 15 is 0 Å². The SMILES string of the molecule is Nc1cc(C(=O)N2CCc3ccccc3C2)n(C2CC2)c1. The molecule has 108 valence electrons. The molecule has 1 fully saturated rings. The van der Waals surface area contributed by atoms with Crippen molar-refractivity contribution in [1.29, 1.82) is 0 Å². The van der Waals surface area contributed by atoms with Gasteiger partial charge in [-0.1, -0.05) is 24.3 Å². The fourth-order valence-electron chi connectivity index (χ4n) is 3.16. The van der Waals surface area contributed by atoms with E-state index in [9.17, 15) is 4.79 Å². The molecule has 2 N–H and O–H groups in total. The highest BCUT2D eigenvalue weighted by Crippen LogP contribution is 2.37. The minimum Gasteiger partial charge on any atom is -0.397 e. The van der Waals surface area contributed by atoms with E-state index in [-0.39, 0.29) is 5.91 Å². The molecule has 21 heavy (non-hydrogen) atoms. The third kappa shape index (κ3) is 2.20. The fourth-order valence-corrected chi connectivity index (χ4v) is 3.16. The molecule has 2 heterocycles. The lowest BCUT2D eigenvalue weighted by atomic mass is 10.00. The lowest BCUT2D eigenvalue weighted by Crippen LogP contribution is -2.36. The van der Waals surface area contributed by atoms with Crippen molar-refractivity contribution < 1.29 is 4.79 Å². The van der Waals surface area contributed by atoms with Crippen LogP contribution in [0.15, 0.2) is 36.5 Å². The van der Waals surface area contributed by atoms with Gasteiger partial charge in [0, 0.05) is 25.3 Å². The smallest absolute Gasteiger partial charge is 0.270 e. The van der Waals surface area contributed by atoms with Crippen molar-refractivity contribution in [3.63, 3.8) is 0 Å². The Morgan fingerprint density at radius 1 is 1.19 bits per heavy atom. The Morgan fingerprint density at radius 3 is 2.71 bits per heavy atom. The van der Waals surface area contributed by atoms with Crippen LogP contribution < -0.4 is 5.73 Å². The minimum atomic E-state index is 0.105.